The second kappa shape index (κ2) is 13.1. The summed E-state index contributed by atoms with van der Waals surface area (Å²) in [6, 6.07) is 14.5. The quantitative estimate of drug-likeness (QED) is 0.203. The number of hydrogen-bond donors (Lipinski definition) is 0. The highest BCUT2D eigenvalue weighted by Gasteiger charge is 2.33. The number of rotatable bonds is 12. The maximum Gasteiger partial charge on any atom is 0.0233 e. The Hall–Kier alpha value is -2.38. The number of aryl methyl sites for hydroxylation is 2. The first-order valence-electron chi connectivity index (χ1n) is 15.2. The van der Waals surface area contributed by atoms with Gasteiger partial charge in [0.05, 0.1) is 0 Å². The zero-order valence-corrected chi connectivity index (χ0v) is 24.7. The SMILES string of the molecule is C=C(C)CCC(C(=C)C)C1Cc2cc(C3CCN(Cc4ccc(C)c(CCCCC)c4)CC3)ccc2C1=C. The number of allylic oxidation sites excluding steroid dienone is 3. The van der Waals surface area contributed by atoms with Crippen LogP contribution in [0.25, 0.3) is 5.57 Å². The predicted molar refractivity (Wildman–Crippen MR) is 167 cm³/mol. The van der Waals surface area contributed by atoms with Crippen LogP contribution in [0.15, 0.2) is 67.3 Å². The molecule has 1 heteroatoms. The average Bonchev–Trinajstić information content (AvgIpc) is 3.21. The Balaban J connectivity index is 1.35. The number of piperidine rings is 1. The lowest BCUT2D eigenvalue weighted by Gasteiger charge is -2.32. The number of unbranched alkanes of at least 4 members (excludes halogenated alkanes) is 2. The van der Waals surface area contributed by atoms with Crippen LogP contribution in [0, 0.1) is 18.8 Å². The molecule has 1 heterocycles. The molecule has 204 valence electrons. The van der Waals surface area contributed by atoms with Gasteiger partial charge in [0.25, 0.3) is 0 Å². The third-order valence-electron chi connectivity index (χ3n) is 9.29. The summed E-state index contributed by atoms with van der Waals surface area (Å²) >= 11 is 0. The van der Waals surface area contributed by atoms with E-state index in [1.54, 1.807) is 11.1 Å². The van der Waals surface area contributed by atoms with Gasteiger partial charge in [-0.1, -0.05) is 80.5 Å². The van der Waals surface area contributed by atoms with Crippen molar-refractivity contribution in [3.63, 3.8) is 0 Å². The minimum Gasteiger partial charge on any atom is -0.299 e. The molecule has 1 saturated heterocycles. The summed E-state index contributed by atoms with van der Waals surface area (Å²) in [7, 11) is 0. The Morgan fingerprint density at radius 2 is 1.79 bits per heavy atom. The van der Waals surface area contributed by atoms with E-state index >= 15 is 0 Å². The smallest absolute Gasteiger partial charge is 0.0233 e. The van der Waals surface area contributed by atoms with Gasteiger partial charge in [0, 0.05) is 6.54 Å². The van der Waals surface area contributed by atoms with Crippen LogP contribution in [-0.4, -0.2) is 18.0 Å². The summed E-state index contributed by atoms with van der Waals surface area (Å²) in [5, 5.41) is 0. The van der Waals surface area contributed by atoms with Gasteiger partial charge in [-0.05, 0) is 136 Å². The van der Waals surface area contributed by atoms with Crippen LogP contribution in [0.3, 0.4) is 0 Å². The fraction of sp³-hybridized carbons (Fsp3) is 0.514. The van der Waals surface area contributed by atoms with Gasteiger partial charge in [-0.15, -0.1) is 6.58 Å². The number of fused-ring (bicyclic) bond motifs is 1. The van der Waals surface area contributed by atoms with Crippen molar-refractivity contribution in [2.75, 3.05) is 13.1 Å². The molecule has 38 heavy (non-hydrogen) atoms. The molecule has 1 aliphatic carbocycles. The molecule has 0 saturated carbocycles. The van der Waals surface area contributed by atoms with E-state index < -0.39 is 0 Å². The van der Waals surface area contributed by atoms with Crippen LogP contribution in [0.4, 0.5) is 0 Å². The van der Waals surface area contributed by atoms with Crippen LogP contribution < -0.4 is 0 Å². The Kier molecular flexibility index (Phi) is 9.88. The third-order valence-corrected chi connectivity index (χ3v) is 9.29. The van der Waals surface area contributed by atoms with Gasteiger partial charge in [0.2, 0.25) is 0 Å². The second-order valence-corrected chi connectivity index (χ2v) is 12.5. The van der Waals surface area contributed by atoms with Crippen molar-refractivity contribution in [3.8, 4) is 0 Å². The minimum atomic E-state index is 0.486. The van der Waals surface area contributed by atoms with E-state index in [0.717, 1.165) is 25.8 Å². The first-order valence-corrected chi connectivity index (χ1v) is 15.2. The number of likely N-dealkylation sites (tertiary alicyclic amines) is 1. The highest BCUT2D eigenvalue weighted by Crippen LogP contribution is 2.45. The molecule has 2 aromatic carbocycles. The molecular weight excluding hydrogens is 458 g/mol. The lowest BCUT2D eigenvalue weighted by atomic mass is 9.79. The fourth-order valence-corrected chi connectivity index (χ4v) is 6.83. The normalized spacial score (nSPS) is 18.9. The van der Waals surface area contributed by atoms with Crippen LogP contribution in [0.2, 0.25) is 0 Å². The third kappa shape index (κ3) is 6.97. The Morgan fingerprint density at radius 1 is 1.03 bits per heavy atom. The molecule has 0 spiro atoms. The van der Waals surface area contributed by atoms with Gasteiger partial charge in [0.15, 0.2) is 0 Å². The van der Waals surface area contributed by atoms with Crippen molar-refractivity contribution < 1.29 is 0 Å². The number of benzene rings is 2. The van der Waals surface area contributed by atoms with Crippen LogP contribution in [0.5, 0.6) is 0 Å². The highest BCUT2D eigenvalue weighted by molar-refractivity contribution is 5.73. The lowest BCUT2D eigenvalue weighted by molar-refractivity contribution is 0.204. The van der Waals surface area contributed by atoms with E-state index in [0.29, 0.717) is 17.8 Å². The zero-order chi connectivity index (χ0) is 27.2. The van der Waals surface area contributed by atoms with Gasteiger partial charge in [0.1, 0.15) is 0 Å². The molecule has 1 fully saturated rings. The van der Waals surface area contributed by atoms with E-state index in [2.05, 4.69) is 88.7 Å². The van der Waals surface area contributed by atoms with Gasteiger partial charge in [-0.3, -0.25) is 4.90 Å². The van der Waals surface area contributed by atoms with E-state index in [1.165, 1.54) is 90.6 Å². The molecule has 0 aromatic heterocycles. The van der Waals surface area contributed by atoms with Gasteiger partial charge in [-0.25, -0.2) is 0 Å². The molecular formula is C37H51N. The summed E-state index contributed by atoms with van der Waals surface area (Å²) < 4.78 is 0. The van der Waals surface area contributed by atoms with Crippen LogP contribution in [0.1, 0.15) is 105 Å². The van der Waals surface area contributed by atoms with Gasteiger partial charge < -0.3 is 0 Å². The van der Waals surface area contributed by atoms with E-state index in [-0.39, 0.29) is 0 Å². The van der Waals surface area contributed by atoms with Crippen LogP contribution >= 0.6 is 0 Å². The molecule has 0 radical (unpaired) electrons. The lowest BCUT2D eigenvalue weighted by Crippen LogP contribution is -2.32. The zero-order valence-electron chi connectivity index (χ0n) is 24.7. The van der Waals surface area contributed by atoms with Crippen molar-refractivity contribution in [1.82, 2.24) is 4.90 Å². The van der Waals surface area contributed by atoms with Crippen molar-refractivity contribution >= 4 is 5.57 Å². The van der Waals surface area contributed by atoms with Crippen molar-refractivity contribution in [3.05, 3.63) is 101 Å². The largest absolute Gasteiger partial charge is 0.299 e. The summed E-state index contributed by atoms with van der Waals surface area (Å²) in [5.41, 5.74) is 12.8. The van der Waals surface area contributed by atoms with Gasteiger partial charge >= 0.3 is 0 Å². The highest BCUT2D eigenvalue weighted by atomic mass is 15.1. The standard InChI is InChI=1S/C37H51N/c1-8-9-10-11-32-22-30(14-13-28(32)6)25-38-20-18-31(19-21-38)33-15-17-36-29(7)37(24-34(36)23-33)35(27(4)5)16-12-26(2)3/h13-15,17,22-23,31,35,37H,2,4,7-12,16,18-21,24-25H2,1,3,5-6H3. The molecule has 0 N–H and O–H groups in total. The van der Waals surface area contributed by atoms with E-state index in [9.17, 15) is 0 Å². The fourth-order valence-electron chi connectivity index (χ4n) is 6.83. The summed E-state index contributed by atoms with van der Waals surface area (Å²) in [6.45, 7) is 25.4. The molecule has 2 unspecified atom stereocenters. The molecule has 1 aliphatic heterocycles. The molecule has 1 nitrogen and oxygen atoms in total. The number of hydrogen-bond acceptors (Lipinski definition) is 1. The van der Waals surface area contributed by atoms with Crippen molar-refractivity contribution in [2.45, 2.75) is 97.9 Å². The Bertz CT molecular complexity index is 1140. The first-order chi connectivity index (χ1) is 18.3. The maximum atomic E-state index is 4.56. The second-order valence-electron chi connectivity index (χ2n) is 12.5. The summed E-state index contributed by atoms with van der Waals surface area (Å²) in [4.78, 5) is 2.67. The van der Waals surface area contributed by atoms with Crippen LogP contribution in [-0.2, 0) is 19.4 Å². The molecule has 0 amide bonds. The van der Waals surface area contributed by atoms with E-state index in [4.69, 9.17) is 0 Å². The monoisotopic (exact) mass is 509 g/mol. The number of nitrogens with zero attached hydrogens (tertiary/aromatic N) is 1. The average molecular weight is 510 g/mol. The Morgan fingerprint density at radius 3 is 2.47 bits per heavy atom. The molecule has 4 rings (SSSR count). The molecule has 2 aromatic rings. The maximum absolute atomic E-state index is 4.56. The first kappa shape index (κ1) is 28.6. The molecule has 2 aliphatic rings. The molecule has 2 atom stereocenters. The predicted octanol–water partition coefficient (Wildman–Crippen LogP) is 9.84. The summed E-state index contributed by atoms with van der Waals surface area (Å²) in [6.07, 6.45) is 11.0. The van der Waals surface area contributed by atoms with Crippen molar-refractivity contribution in [1.29, 1.82) is 0 Å². The van der Waals surface area contributed by atoms with E-state index in [1.807, 2.05) is 0 Å². The summed E-state index contributed by atoms with van der Waals surface area (Å²) in [5.74, 6) is 1.65. The van der Waals surface area contributed by atoms with Gasteiger partial charge in [-0.2, -0.15) is 0 Å². The molecule has 0 bridgehead atoms. The topological polar surface area (TPSA) is 3.24 Å². The minimum absolute atomic E-state index is 0.486. The Labute approximate surface area is 233 Å². The van der Waals surface area contributed by atoms with Crippen molar-refractivity contribution in [2.24, 2.45) is 11.8 Å².